The van der Waals surface area contributed by atoms with Gasteiger partial charge in [0.25, 0.3) is 0 Å². The van der Waals surface area contributed by atoms with E-state index in [1.54, 1.807) is 0 Å². The lowest BCUT2D eigenvalue weighted by Gasteiger charge is -2.34. The topological polar surface area (TPSA) is 109 Å². The van der Waals surface area contributed by atoms with Gasteiger partial charge in [0.1, 0.15) is 6.10 Å². The summed E-state index contributed by atoms with van der Waals surface area (Å²) in [7, 11) is 0. The van der Waals surface area contributed by atoms with Crippen molar-refractivity contribution in [1.82, 2.24) is 0 Å². The number of aliphatic hydroxyl groups is 4. The van der Waals surface area contributed by atoms with Crippen molar-refractivity contribution in [3.8, 4) is 0 Å². The summed E-state index contributed by atoms with van der Waals surface area (Å²) in [6.45, 7) is 6.35. The fourth-order valence-electron chi connectivity index (χ4n) is 3.25. The Hall–Kier alpha value is -0.280. The second-order valence-electron chi connectivity index (χ2n) is 7.06. The fourth-order valence-corrected chi connectivity index (χ4v) is 3.25. The van der Waals surface area contributed by atoms with Crippen molar-refractivity contribution in [2.45, 2.75) is 82.4 Å². The summed E-state index contributed by atoms with van der Waals surface area (Å²) in [6.07, 6.45) is 1.49. The van der Waals surface area contributed by atoms with Gasteiger partial charge in [-0.3, -0.25) is 0 Å². The molecule has 7 heteroatoms. The van der Waals surface area contributed by atoms with Crippen molar-refractivity contribution in [2.24, 2.45) is 0 Å². The summed E-state index contributed by atoms with van der Waals surface area (Å²) in [6, 6.07) is 0. The third-order valence-electron chi connectivity index (χ3n) is 5.30. The van der Waals surface area contributed by atoms with E-state index in [2.05, 4.69) is 0 Å². The second kappa shape index (κ2) is 10.8. The minimum atomic E-state index is -0.883. The first-order valence-corrected chi connectivity index (χ1v) is 9.35. The van der Waals surface area contributed by atoms with Gasteiger partial charge in [0, 0.05) is 12.8 Å². The molecule has 1 aliphatic rings. The minimum Gasteiger partial charge on any atom is -0.394 e. The van der Waals surface area contributed by atoms with Gasteiger partial charge >= 0.3 is 0 Å². The lowest BCUT2D eigenvalue weighted by atomic mass is 9.90. The molecule has 4 unspecified atom stereocenters. The average Bonchev–Trinajstić information content (AvgIpc) is 3.07. The molecular weight excluding hydrogens is 328 g/mol. The molecule has 0 aromatic rings. The van der Waals surface area contributed by atoms with E-state index in [1.807, 2.05) is 20.8 Å². The molecule has 0 aromatic heterocycles. The van der Waals surface area contributed by atoms with Crippen LogP contribution in [0.4, 0.5) is 0 Å². The Balaban J connectivity index is 2.56. The van der Waals surface area contributed by atoms with Crippen LogP contribution in [-0.2, 0) is 14.2 Å². The van der Waals surface area contributed by atoms with E-state index in [0.717, 1.165) is 19.3 Å². The molecule has 4 N–H and O–H groups in total. The Morgan fingerprint density at radius 3 is 2.28 bits per heavy atom. The van der Waals surface area contributed by atoms with Crippen LogP contribution in [0.1, 0.15) is 52.9 Å². The van der Waals surface area contributed by atoms with Crippen LogP contribution in [0.5, 0.6) is 0 Å². The zero-order valence-electron chi connectivity index (χ0n) is 15.8. The molecule has 1 saturated heterocycles. The van der Waals surface area contributed by atoms with Crippen molar-refractivity contribution in [3.05, 3.63) is 0 Å². The van der Waals surface area contributed by atoms with E-state index < -0.39 is 23.4 Å². The van der Waals surface area contributed by atoms with Gasteiger partial charge in [-0.25, -0.2) is 0 Å². The lowest BCUT2D eigenvalue weighted by Crippen LogP contribution is -2.39. The highest BCUT2D eigenvalue weighted by Gasteiger charge is 2.41. The van der Waals surface area contributed by atoms with E-state index in [4.69, 9.17) is 24.4 Å². The van der Waals surface area contributed by atoms with Gasteiger partial charge in [-0.2, -0.15) is 0 Å². The van der Waals surface area contributed by atoms with Gasteiger partial charge in [-0.05, 0) is 19.3 Å². The highest BCUT2D eigenvalue weighted by atomic mass is 16.6. The first-order valence-electron chi connectivity index (χ1n) is 9.35. The van der Waals surface area contributed by atoms with Crippen molar-refractivity contribution in [1.29, 1.82) is 0 Å². The normalized spacial score (nSPS) is 26.8. The van der Waals surface area contributed by atoms with E-state index in [9.17, 15) is 10.2 Å². The molecule has 0 bridgehead atoms. The smallest absolute Gasteiger partial charge is 0.100 e. The molecule has 7 nitrogen and oxygen atoms in total. The van der Waals surface area contributed by atoms with Crippen LogP contribution in [-0.4, -0.2) is 83.0 Å². The molecule has 4 atom stereocenters. The molecule has 1 aliphatic heterocycles. The van der Waals surface area contributed by atoms with Crippen molar-refractivity contribution in [3.63, 3.8) is 0 Å². The van der Waals surface area contributed by atoms with Gasteiger partial charge in [0.2, 0.25) is 0 Å². The predicted octanol–water partition coefficient (Wildman–Crippen LogP) is 0.613. The van der Waals surface area contributed by atoms with Gasteiger partial charge in [-0.15, -0.1) is 0 Å². The fraction of sp³-hybridized carbons (Fsp3) is 1.00. The van der Waals surface area contributed by atoms with Crippen molar-refractivity contribution < 1.29 is 34.6 Å². The van der Waals surface area contributed by atoms with E-state index in [0.29, 0.717) is 26.1 Å². The third-order valence-corrected chi connectivity index (χ3v) is 5.30. The van der Waals surface area contributed by atoms with Crippen LogP contribution in [0.15, 0.2) is 0 Å². The number of rotatable bonds is 13. The number of hydrogen-bond donors (Lipinski definition) is 4. The van der Waals surface area contributed by atoms with E-state index in [1.165, 1.54) is 0 Å². The monoisotopic (exact) mass is 364 g/mol. The molecule has 0 aliphatic carbocycles. The zero-order chi connectivity index (χ0) is 18.9. The molecule has 0 spiro atoms. The summed E-state index contributed by atoms with van der Waals surface area (Å²) in [5.41, 5.74) is -0.938. The van der Waals surface area contributed by atoms with Crippen LogP contribution in [0, 0.1) is 0 Å². The largest absolute Gasteiger partial charge is 0.394 e. The van der Waals surface area contributed by atoms with E-state index in [-0.39, 0.29) is 25.9 Å². The first-order chi connectivity index (χ1) is 11.9. The Kier molecular flexibility index (Phi) is 9.80. The molecule has 0 amide bonds. The Morgan fingerprint density at radius 1 is 1.12 bits per heavy atom. The number of aliphatic hydroxyl groups excluding tert-OH is 4. The highest BCUT2D eigenvalue weighted by molar-refractivity contribution is 4.90. The molecule has 1 heterocycles. The van der Waals surface area contributed by atoms with Crippen molar-refractivity contribution >= 4 is 0 Å². The zero-order valence-corrected chi connectivity index (χ0v) is 15.8. The molecule has 0 saturated carbocycles. The Labute approximate surface area is 150 Å². The molecule has 1 fully saturated rings. The summed E-state index contributed by atoms with van der Waals surface area (Å²) < 4.78 is 17.8. The van der Waals surface area contributed by atoms with Crippen LogP contribution in [0.2, 0.25) is 0 Å². The quantitative estimate of drug-likeness (QED) is 0.379. The summed E-state index contributed by atoms with van der Waals surface area (Å²) >= 11 is 0. The molecule has 25 heavy (non-hydrogen) atoms. The van der Waals surface area contributed by atoms with E-state index >= 15 is 0 Å². The van der Waals surface area contributed by atoms with Gasteiger partial charge in [0.05, 0.1) is 56.4 Å². The van der Waals surface area contributed by atoms with Gasteiger partial charge in [-0.1, -0.05) is 20.8 Å². The lowest BCUT2D eigenvalue weighted by molar-refractivity contribution is -0.112. The first kappa shape index (κ1) is 22.8. The van der Waals surface area contributed by atoms with Crippen molar-refractivity contribution in [2.75, 3.05) is 33.0 Å². The summed E-state index contributed by atoms with van der Waals surface area (Å²) in [4.78, 5) is 0. The maximum atomic E-state index is 9.79. The maximum absolute atomic E-state index is 9.79. The number of hydrogen-bond acceptors (Lipinski definition) is 7. The molecular formula is C18H36O7. The number of ether oxygens (including phenoxy) is 3. The highest BCUT2D eigenvalue weighted by Crippen LogP contribution is 2.33. The SMILES string of the molecule is CCC(CC)(CC(O)CO)OCC1CC(CC)(OCC(O)CO)CO1. The molecule has 0 radical (unpaired) electrons. The Morgan fingerprint density at radius 2 is 1.76 bits per heavy atom. The van der Waals surface area contributed by atoms with Crippen LogP contribution < -0.4 is 0 Å². The Bertz CT molecular complexity index is 361. The predicted molar refractivity (Wildman–Crippen MR) is 93.4 cm³/mol. The molecule has 1 rings (SSSR count). The third kappa shape index (κ3) is 6.75. The van der Waals surface area contributed by atoms with Gasteiger partial charge < -0.3 is 34.6 Å². The molecule has 0 aromatic carbocycles. The van der Waals surface area contributed by atoms with Crippen LogP contribution in [0.3, 0.4) is 0 Å². The maximum Gasteiger partial charge on any atom is 0.100 e. The van der Waals surface area contributed by atoms with Gasteiger partial charge in [0.15, 0.2) is 0 Å². The van der Waals surface area contributed by atoms with Crippen LogP contribution >= 0.6 is 0 Å². The minimum absolute atomic E-state index is 0.0812. The summed E-state index contributed by atoms with van der Waals surface area (Å²) in [5.74, 6) is 0. The second-order valence-corrected chi connectivity index (χ2v) is 7.06. The summed E-state index contributed by atoms with van der Waals surface area (Å²) in [5, 5.41) is 37.3. The molecule has 150 valence electrons. The standard InChI is InChI=1S/C18H36O7/c1-4-17(5-2,7-14(21)9-19)25-12-16-8-18(6-3,13-23-16)24-11-15(22)10-20/h14-16,19-22H,4-13H2,1-3H3. The average molecular weight is 364 g/mol. The van der Waals surface area contributed by atoms with Crippen LogP contribution in [0.25, 0.3) is 0 Å².